The summed E-state index contributed by atoms with van der Waals surface area (Å²) in [6.07, 6.45) is -4.55. The number of alkyl halides is 3. The first-order valence-electron chi connectivity index (χ1n) is 7.18. The predicted molar refractivity (Wildman–Crippen MR) is 91.7 cm³/mol. The van der Waals surface area contributed by atoms with Crippen molar-refractivity contribution in [1.29, 1.82) is 0 Å². The highest BCUT2D eigenvalue weighted by Gasteiger charge is 2.31. The van der Waals surface area contributed by atoms with Crippen LogP contribution in [0.5, 0.6) is 0 Å². The largest absolute Gasteiger partial charge is 0.416 e. The van der Waals surface area contributed by atoms with Crippen LogP contribution < -0.4 is 10.4 Å². The SMILES string of the molecule is Cc1cc(C)cc(C(=O)NC(=S)N(O)c2cccc(C(F)(F)F)c2)c1. The van der Waals surface area contributed by atoms with Crippen molar-refractivity contribution < 1.29 is 23.2 Å². The smallest absolute Gasteiger partial charge is 0.297 e. The summed E-state index contributed by atoms with van der Waals surface area (Å²) in [5.74, 6) is -0.567. The lowest BCUT2D eigenvalue weighted by Crippen LogP contribution is -2.41. The van der Waals surface area contributed by atoms with E-state index in [0.717, 1.165) is 29.3 Å². The zero-order valence-electron chi connectivity index (χ0n) is 13.4. The first-order valence-corrected chi connectivity index (χ1v) is 7.58. The number of aryl methyl sites for hydroxylation is 2. The van der Waals surface area contributed by atoms with E-state index < -0.39 is 22.8 Å². The van der Waals surface area contributed by atoms with Gasteiger partial charge in [-0.05, 0) is 56.4 Å². The van der Waals surface area contributed by atoms with Gasteiger partial charge in [0.2, 0.25) is 5.11 Å². The van der Waals surface area contributed by atoms with Gasteiger partial charge in [-0.25, -0.2) is 0 Å². The summed E-state index contributed by atoms with van der Waals surface area (Å²) in [6.45, 7) is 3.65. The van der Waals surface area contributed by atoms with Crippen molar-refractivity contribution in [3.05, 3.63) is 64.7 Å². The summed E-state index contributed by atoms with van der Waals surface area (Å²) >= 11 is 4.90. The van der Waals surface area contributed by atoms with E-state index in [-0.39, 0.29) is 5.69 Å². The zero-order valence-corrected chi connectivity index (χ0v) is 14.2. The first kappa shape index (κ1) is 18.9. The molecule has 0 aliphatic carbocycles. The van der Waals surface area contributed by atoms with Gasteiger partial charge >= 0.3 is 6.18 Å². The number of hydroxylamine groups is 1. The number of carbonyl (C=O) groups excluding carboxylic acids is 1. The van der Waals surface area contributed by atoms with Crippen molar-refractivity contribution in [2.24, 2.45) is 0 Å². The normalized spacial score (nSPS) is 11.1. The van der Waals surface area contributed by atoms with Crippen molar-refractivity contribution in [1.82, 2.24) is 5.32 Å². The Bertz CT molecular complexity index is 802. The number of nitrogens with one attached hydrogen (secondary N) is 1. The Kier molecular flexibility index (Phi) is 5.44. The van der Waals surface area contributed by atoms with Crippen LogP contribution in [0.25, 0.3) is 0 Å². The molecule has 2 N–H and O–H groups in total. The number of anilines is 1. The molecule has 0 radical (unpaired) electrons. The summed E-state index contributed by atoms with van der Waals surface area (Å²) in [4.78, 5) is 12.2. The Hall–Kier alpha value is -2.45. The Balaban J connectivity index is 2.16. The standard InChI is InChI=1S/C17H15F3N2O2S/c1-10-6-11(2)8-12(7-10)15(23)21-16(25)22(24)14-5-3-4-13(9-14)17(18,19)20/h3-9,24H,1-2H3,(H,21,23,25). The van der Waals surface area contributed by atoms with Gasteiger partial charge in [-0.1, -0.05) is 23.3 Å². The highest BCUT2D eigenvalue weighted by atomic mass is 32.1. The average molecular weight is 368 g/mol. The molecule has 4 nitrogen and oxygen atoms in total. The maximum Gasteiger partial charge on any atom is 0.416 e. The maximum absolute atomic E-state index is 12.7. The molecule has 0 aliphatic rings. The number of amides is 1. The zero-order chi connectivity index (χ0) is 18.8. The number of hydrogen-bond donors (Lipinski definition) is 2. The molecule has 0 spiro atoms. The van der Waals surface area contributed by atoms with Crippen LogP contribution in [0.1, 0.15) is 27.0 Å². The average Bonchev–Trinajstić information content (AvgIpc) is 2.52. The molecule has 2 aromatic carbocycles. The molecule has 0 heterocycles. The Morgan fingerprint density at radius 1 is 1.12 bits per heavy atom. The molecule has 0 saturated heterocycles. The van der Waals surface area contributed by atoms with Crippen molar-refractivity contribution in [3.63, 3.8) is 0 Å². The summed E-state index contributed by atoms with van der Waals surface area (Å²) in [7, 11) is 0. The second kappa shape index (κ2) is 7.20. The molecule has 0 saturated carbocycles. The Morgan fingerprint density at radius 3 is 2.28 bits per heavy atom. The lowest BCUT2D eigenvalue weighted by Gasteiger charge is -2.19. The number of benzene rings is 2. The maximum atomic E-state index is 12.7. The van der Waals surface area contributed by atoms with E-state index in [4.69, 9.17) is 12.2 Å². The lowest BCUT2D eigenvalue weighted by molar-refractivity contribution is -0.137. The van der Waals surface area contributed by atoms with Gasteiger partial charge < -0.3 is 0 Å². The minimum Gasteiger partial charge on any atom is -0.297 e. The van der Waals surface area contributed by atoms with Gasteiger partial charge in [0.15, 0.2) is 0 Å². The molecule has 132 valence electrons. The van der Waals surface area contributed by atoms with E-state index >= 15 is 0 Å². The van der Waals surface area contributed by atoms with Crippen molar-refractivity contribution in [2.75, 3.05) is 5.06 Å². The van der Waals surface area contributed by atoms with E-state index in [1.54, 1.807) is 12.1 Å². The second-order valence-electron chi connectivity index (χ2n) is 5.50. The molecule has 1 amide bonds. The fourth-order valence-corrected chi connectivity index (χ4v) is 2.46. The van der Waals surface area contributed by atoms with Crippen LogP contribution in [0.4, 0.5) is 18.9 Å². The van der Waals surface area contributed by atoms with Crippen LogP contribution in [0.3, 0.4) is 0 Å². The Labute approximate surface area is 147 Å². The quantitative estimate of drug-likeness (QED) is 0.615. The minimum atomic E-state index is -4.55. The van der Waals surface area contributed by atoms with Gasteiger partial charge in [0.25, 0.3) is 5.91 Å². The highest BCUT2D eigenvalue weighted by Crippen LogP contribution is 2.31. The van der Waals surface area contributed by atoms with Crippen LogP contribution in [0.2, 0.25) is 0 Å². The molecule has 0 unspecified atom stereocenters. The molecule has 8 heteroatoms. The second-order valence-corrected chi connectivity index (χ2v) is 5.88. The summed E-state index contributed by atoms with van der Waals surface area (Å²) in [5.41, 5.74) is 0.926. The molecule has 25 heavy (non-hydrogen) atoms. The van der Waals surface area contributed by atoms with E-state index in [0.29, 0.717) is 10.6 Å². The van der Waals surface area contributed by atoms with Gasteiger partial charge in [0.05, 0.1) is 11.3 Å². The lowest BCUT2D eigenvalue weighted by atomic mass is 10.1. The van der Waals surface area contributed by atoms with Crippen LogP contribution in [0.15, 0.2) is 42.5 Å². The molecule has 2 rings (SSSR count). The van der Waals surface area contributed by atoms with E-state index in [1.165, 1.54) is 6.07 Å². The fraction of sp³-hybridized carbons (Fsp3) is 0.176. The molecule has 0 fully saturated rings. The van der Waals surface area contributed by atoms with Gasteiger partial charge in [0.1, 0.15) is 0 Å². The minimum absolute atomic E-state index is 0.208. The van der Waals surface area contributed by atoms with Crippen LogP contribution in [-0.2, 0) is 6.18 Å². The van der Waals surface area contributed by atoms with Crippen LogP contribution in [0, 0.1) is 13.8 Å². The number of halogens is 3. The molecule has 0 atom stereocenters. The number of thiocarbonyl (C=S) groups is 1. The molecule has 0 aromatic heterocycles. The third kappa shape index (κ3) is 4.77. The molecular weight excluding hydrogens is 353 g/mol. The van der Waals surface area contributed by atoms with Gasteiger partial charge in [-0.2, -0.15) is 18.2 Å². The topological polar surface area (TPSA) is 52.6 Å². The van der Waals surface area contributed by atoms with Crippen molar-refractivity contribution >= 4 is 28.9 Å². The van der Waals surface area contributed by atoms with Crippen LogP contribution in [-0.4, -0.2) is 16.2 Å². The van der Waals surface area contributed by atoms with E-state index in [9.17, 15) is 23.2 Å². The summed E-state index contributed by atoms with van der Waals surface area (Å²) < 4.78 is 38.2. The van der Waals surface area contributed by atoms with Gasteiger partial charge in [-0.3, -0.25) is 15.3 Å². The number of nitrogens with zero attached hydrogens (tertiary/aromatic N) is 1. The molecule has 2 aromatic rings. The van der Waals surface area contributed by atoms with E-state index in [1.807, 2.05) is 19.9 Å². The summed E-state index contributed by atoms with van der Waals surface area (Å²) in [5, 5.41) is 12.2. The van der Waals surface area contributed by atoms with Crippen molar-refractivity contribution in [2.45, 2.75) is 20.0 Å². The number of carbonyl (C=O) groups is 1. The van der Waals surface area contributed by atoms with E-state index in [2.05, 4.69) is 5.32 Å². The van der Waals surface area contributed by atoms with Gasteiger partial charge in [-0.15, -0.1) is 0 Å². The van der Waals surface area contributed by atoms with Gasteiger partial charge in [0, 0.05) is 5.56 Å². The number of rotatable bonds is 2. The monoisotopic (exact) mass is 368 g/mol. The first-order chi connectivity index (χ1) is 11.6. The Morgan fingerprint density at radius 2 is 1.72 bits per heavy atom. The third-order valence-corrected chi connectivity index (χ3v) is 3.59. The molecule has 0 aliphatic heterocycles. The molecule has 0 bridgehead atoms. The fourth-order valence-electron chi connectivity index (χ4n) is 2.26. The molecular formula is C17H15F3N2O2S. The highest BCUT2D eigenvalue weighted by molar-refractivity contribution is 7.80. The predicted octanol–water partition coefficient (Wildman–Crippen LogP) is 4.23. The third-order valence-electron chi connectivity index (χ3n) is 3.31. The number of hydrogen-bond acceptors (Lipinski definition) is 3. The summed E-state index contributed by atoms with van der Waals surface area (Å²) in [6, 6.07) is 9.13. The van der Waals surface area contributed by atoms with Crippen molar-refractivity contribution in [3.8, 4) is 0 Å². The van der Waals surface area contributed by atoms with Crippen LogP contribution >= 0.6 is 12.2 Å².